The highest BCUT2D eigenvalue weighted by Gasteiger charge is 2.23. The van der Waals surface area contributed by atoms with Crippen LogP contribution >= 0.6 is 0 Å². The highest BCUT2D eigenvalue weighted by atomic mass is 19.1. The molecular formula is C20H26FN6+. The molecule has 1 atom stereocenters. The maximum absolute atomic E-state index is 13.2. The van der Waals surface area contributed by atoms with E-state index in [1.807, 2.05) is 12.1 Å². The molecule has 6 nitrogen and oxygen atoms in total. The van der Waals surface area contributed by atoms with Gasteiger partial charge in [-0.05, 0) is 49.9 Å². The van der Waals surface area contributed by atoms with Crippen LogP contribution in [0.3, 0.4) is 0 Å². The first-order chi connectivity index (χ1) is 13.0. The summed E-state index contributed by atoms with van der Waals surface area (Å²) in [5.74, 6) is 1.12. The van der Waals surface area contributed by atoms with Crippen LogP contribution in [0.25, 0.3) is 11.4 Å². The minimum atomic E-state index is -0.234. The molecule has 0 aliphatic heterocycles. The first kappa shape index (κ1) is 19.0. The maximum atomic E-state index is 13.2. The van der Waals surface area contributed by atoms with Crippen molar-refractivity contribution in [2.75, 3.05) is 18.8 Å². The minimum Gasteiger partial charge on any atom is -0.398 e. The molecule has 0 fully saturated rings. The SMILES string of the molecule is CCN(CC)Cc1nc(-c2ccc(N)c(C(=[NH2+])C3C=CC(F)=CC3)c2)n[nH]1. The highest BCUT2D eigenvalue weighted by Crippen LogP contribution is 2.26. The Bertz CT molecular complexity index is 878. The zero-order chi connectivity index (χ0) is 19.4. The van der Waals surface area contributed by atoms with Crippen molar-refractivity contribution in [2.24, 2.45) is 5.92 Å². The van der Waals surface area contributed by atoms with Gasteiger partial charge < -0.3 is 5.73 Å². The Morgan fingerprint density at radius 2 is 2.15 bits per heavy atom. The van der Waals surface area contributed by atoms with Crippen molar-refractivity contribution in [1.29, 1.82) is 0 Å². The second-order valence-electron chi connectivity index (χ2n) is 6.61. The van der Waals surface area contributed by atoms with E-state index in [0.29, 0.717) is 23.6 Å². The van der Waals surface area contributed by atoms with Crippen LogP contribution in [0.2, 0.25) is 0 Å². The second-order valence-corrected chi connectivity index (χ2v) is 6.61. The van der Waals surface area contributed by atoms with Crippen LogP contribution in [-0.4, -0.2) is 38.9 Å². The van der Waals surface area contributed by atoms with Crippen molar-refractivity contribution in [3.63, 3.8) is 0 Å². The number of nitrogens with two attached hydrogens (primary N) is 2. The van der Waals surface area contributed by atoms with Crippen LogP contribution in [0.5, 0.6) is 0 Å². The largest absolute Gasteiger partial charge is 0.398 e. The zero-order valence-corrected chi connectivity index (χ0v) is 15.7. The minimum absolute atomic E-state index is 0.0765. The van der Waals surface area contributed by atoms with Crippen molar-refractivity contribution in [3.05, 3.63) is 53.6 Å². The third-order valence-corrected chi connectivity index (χ3v) is 4.88. The number of nitrogens with one attached hydrogen (secondary N) is 1. The molecular weight excluding hydrogens is 343 g/mol. The Labute approximate surface area is 158 Å². The molecule has 0 saturated carbocycles. The molecule has 5 N–H and O–H groups in total. The van der Waals surface area contributed by atoms with Crippen molar-refractivity contribution < 1.29 is 9.80 Å². The third kappa shape index (κ3) is 4.31. The summed E-state index contributed by atoms with van der Waals surface area (Å²) >= 11 is 0. The molecule has 1 heterocycles. The summed E-state index contributed by atoms with van der Waals surface area (Å²) < 4.78 is 13.2. The summed E-state index contributed by atoms with van der Waals surface area (Å²) in [6.07, 6.45) is 5.26. The number of aromatic amines is 1. The topological polar surface area (TPSA) is 96.4 Å². The molecule has 27 heavy (non-hydrogen) atoms. The molecule has 0 spiro atoms. The van der Waals surface area contributed by atoms with Gasteiger partial charge in [-0.15, -0.1) is 0 Å². The summed E-state index contributed by atoms with van der Waals surface area (Å²) in [5.41, 5.74) is 8.92. The van der Waals surface area contributed by atoms with Crippen LogP contribution in [0.15, 0.2) is 42.3 Å². The van der Waals surface area contributed by atoms with Gasteiger partial charge in [0, 0.05) is 11.3 Å². The molecule has 1 aliphatic carbocycles. The van der Waals surface area contributed by atoms with E-state index in [9.17, 15) is 4.39 Å². The van der Waals surface area contributed by atoms with Crippen molar-refractivity contribution in [3.8, 4) is 11.4 Å². The molecule has 2 aromatic rings. The Balaban J connectivity index is 1.82. The molecule has 1 aromatic heterocycles. The highest BCUT2D eigenvalue weighted by molar-refractivity contribution is 6.04. The Hall–Kier alpha value is -2.80. The van der Waals surface area contributed by atoms with E-state index in [2.05, 4.69) is 33.9 Å². The van der Waals surface area contributed by atoms with Crippen LogP contribution in [0.1, 0.15) is 31.7 Å². The van der Waals surface area contributed by atoms with Gasteiger partial charge in [-0.25, -0.2) is 9.37 Å². The number of allylic oxidation sites excluding steroid dienone is 4. The molecule has 7 heteroatoms. The van der Waals surface area contributed by atoms with Gasteiger partial charge in [0.15, 0.2) is 11.5 Å². The lowest BCUT2D eigenvalue weighted by molar-refractivity contribution is -0.117. The predicted molar refractivity (Wildman–Crippen MR) is 105 cm³/mol. The molecule has 0 amide bonds. The van der Waals surface area contributed by atoms with E-state index in [0.717, 1.165) is 36.6 Å². The normalized spacial score (nSPS) is 16.6. The number of anilines is 1. The van der Waals surface area contributed by atoms with Crippen molar-refractivity contribution >= 4 is 11.4 Å². The van der Waals surface area contributed by atoms with Gasteiger partial charge in [-0.3, -0.25) is 15.4 Å². The van der Waals surface area contributed by atoms with E-state index in [4.69, 9.17) is 11.1 Å². The molecule has 0 radical (unpaired) electrons. The number of rotatable bonds is 7. The summed E-state index contributed by atoms with van der Waals surface area (Å²) in [4.78, 5) is 6.85. The third-order valence-electron chi connectivity index (χ3n) is 4.88. The van der Waals surface area contributed by atoms with E-state index < -0.39 is 0 Å². The number of nitrogens with zero attached hydrogens (tertiary/aromatic N) is 3. The van der Waals surface area contributed by atoms with Gasteiger partial charge >= 0.3 is 0 Å². The average molecular weight is 369 g/mol. The lowest BCUT2D eigenvalue weighted by atomic mass is 9.89. The smallest absolute Gasteiger partial charge is 0.189 e. The number of H-pyrrole nitrogens is 1. The first-order valence-electron chi connectivity index (χ1n) is 9.21. The maximum Gasteiger partial charge on any atom is 0.189 e. The van der Waals surface area contributed by atoms with E-state index in [-0.39, 0.29) is 11.7 Å². The van der Waals surface area contributed by atoms with Gasteiger partial charge in [-0.1, -0.05) is 19.9 Å². The Kier molecular flexibility index (Phi) is 5.81. The van der Waals surface area contributed by atoms with E-state index in [1.165, 1.54) is 12.2 Å². The van der Waals surface area contributed by atoms with Gasteiger partial charge in [-0.2, -0.15) is 5.10 Å². The van der Waals surface area contributed by atoms with E-state index >= 15 is 0 Å². The van der Waals surface area contributed by atoms with Gasteiger partial charge in [0.1, 0.15) is 11.7 Å². The lowest BCUT2D eigenvalue weighted by Crippen LogP contribution is -2.45. The summed E-state index contributed by atoms with van der Waals surface area (Å²) in [6, 6.07) is 5.59. The number of halogens is 1. The molecule has 1 aromatic carbocycles. The first-order valence-corrected chi connectivity index (χ1v) is 9.21. The number of benzene rings is 1. The van der Waals surface area contributed by atoms with E-state index in [1.54, 1.807) is 12.1 Å². The summed E-state index contributed by atoms with van der Waals surface area (Å²) in [5, 5.41) is 13.7. The lowest BCUT2D eigenvalue weighted by Gasteiger charge is -2.15. The number of aromatic nitrogens is 3. The fraction of sp³-hybridized carbons (Fsp3) is 0.350. The van der Waals surface area contributed by atoms with Gasteiger partial charge in [0.2, 0.25) is 0 Å². The number of hydrogen-bond donors (Lipinski definition) is 3. The summed E-state index contributed by atoms with van der Waals surface area (Å²) in [6.45, 7) is 6.86. The van der Waals surface area contributed by atoms with Crippen molar-refractivity contribution in [1.82, 2.24) is 20.1 Å². The molecule has 142 valence electrons. The molecule has 0 saturated heterocycles. The second kappa shape index (κ2) is 8.26. The molecule has 1 unspecified atom stereocenters. The van der Waals surface area contributed by atoms with Crippen LogP contribution in [0.4, 0.5) is 10.1 Å². The van der Waals surface area contributed by atoms with Crippen LogP contribution in [-0.2, 0) is 6.54 Å². The number of nitrogen functional groups attached to an aromatic ring is 1. The molecule has 0 bridgehead atoms. The van der Waals surface area contributed by atoms with Gasteiger partial charge in [0.05, 0.1) is 18.0 Å². The Morgan fingerprint density at radius 1 is 1.37 bits per heavy atom. The summed E-state index contributed by atoms with van der Waals surface area (Å²) in [7, 11) is 0. The predicted octanol–water partition coefficient (Wildman–Crippen LogP) is 1.87. The molecule has 1 aliphatic rings. The quantitative estimate of drug-likeness (QED) is 0.513. The van der Waals surface area contributed by atoms with Gasteiger partial charge in [0.25, 0.3) is 0 Å². The number of hydrogen-bond acceptors (Lipinski definition) is 4. The van der Waals surface area contributed by atoms with Crippen molar-refractivity contribution in [2.45, 2.75) is 26.8 Å². The monoisotopic (exact) mass is 369 g/mol. The fourth-order valence-electron chi connectivity index (χ4n) is 3.12. The zero-order valence-electron chi connectivity index (χ0n) is 15.7. The standard InChI is InChI=1S/C20H25FN6/c1-3-27(4-2)12-18-24-20(26-25-18)14-7-10-17(22)16(11-14)19(23)13-5-8-15(21)9-6-13/h5,7-11,13,23H,3-4,6,12,22H2,1-2H3,(H,24,25,26)/p+1. The van der Waals surface area contributed by atoms with Crippen LogP contribution in [0, 0.1) is 5.92 Å². The molecule has 3 rings (SSSR count). The fourth-order valence-corrected chi connectivity index (χ4v) is 3.12. The van der Waals surface area contributed by atoms with Crippen LogP contribution < -0.4 is 11.1 Å². The Morgan fingerprint density at radius 3 is 2.81 bits per heavy atom. The average Bonchev–Trinajstić information content (AvgIpc) is 3.15.